The van der Waals surface area contributed by atoms with Crippen molar-refractivity contribution in [2.75, 3.05) is 25.1 Å². The second-order valence-electron chi connectivity index (χ2n) is 6.29. The number of ether oxygens (including phenoxy) is 1. The summed E-state index contributed by atoms with van der Waals surface area (Å²) >= 11 is 1.28. The maximum atomic E-state index is 12.7. The van der Waals surface area contributed by atoms with Gasteiger partial charge in [0.05, 0.1) is 18.4 Å². The van der Waals surface area contributed by atoms with Crippen molar-refractivity contribution in [2.24, 2.45) is 11.8 Å². The summed E-state index contributed by atoms with van der Waals surface area (Å²) in [4.78, 5) is 33.2. The van der Waals surface area contributed by atoms with Crippen LogP contribution < -0.4 is 4.90 Å². The molecular formula is C17H18N4O3S. The molecule has 2 atom stereocenters. The van der Waals surface area contributed by atoms with Crippen molar-refractivity contribution in [3.8, 4) is 0 Å². The van der Waals surface area contributed by atoms with E-state index in [4.69, 9.17) is 4.74 Å². The molecule has 0 saturated carbocycles. The van der Waals surface area contributed by atoms with Gasteiger partial charge >= 0.3 is 0 Å². The van der Waals surface area contributed by atoms with Crippen molar-refractivity contribution in [2.45, 2.75) is 13.2 Å². The molecule has 7 nitrogen and oxygen atoms in total. The number of aromatic nitrogens is 2. The Labute approximate surface area is 149 Å². The summed E-state index contributed by atoms with van der Waals surface area (Å²) in [5.74, 6) is -0.106. The van der Waals surface area contributed by atoms with Crippen LogP contribution in [0.2, 0.25) is 0 Å². The van der Waals surface area contributed by atoms with Gasteiger partial charge in [-0.1, -0.05) is 30.3 Å². The third-order valence-electron chi connectivity index (χ3n) is 4.67. The van der Waals surface area contributed by atoms with Crippen LogP contribution in [0.4, 0.5) is 5.13 Å². The monoisotopic (exact) mass is 358 g/mol. The molecule has 0 radical (unpaired) electrons. The van der Waals surface area contributed by atoms with E-state index in [-0.39, 0.29) is 23.7 Å². The molecule has 2 aliphatic heterocycles. The molecule has 2 amide bonds. The molecule has 0 bridgehead atoms. The van der Waals surface area contributed by atoms with E-state index in [0.29, 0.717) is 32.1 Å². The first-order chi connectivity index (χ1) is 12.2. The molecule has 2 saturated heterocycles. The van der Waals surface area contributed by atoms with Gasteiger partial charge in [0.15, 0.2) is 5.82 Å². The van der Waals surface area contributed by atoms with Crippen molar-refractivity contribution in [1.82, 2.24) is 14.3 Å². The molecule has 25 heavy (non-hydrogen) atoms. The molecule has 0 aliphatic carbocycles. The zero-order chi connectivity index (χ0) is 17.4. The van der Waals surface area contributed by atoms with Gasteiger partial charge in [-0.2, -0.15) is 4.37 Å². The van der Waals surface area contributed by atoms with Crippen molar-refractivity contribution in [3.63, 3.8) is 0 Å². The Balaban J connectivity index is 1.47. The lowest BCUT2D eigenvalue weighted by molar-refractivity contribution is -0.140. The van der Waals surface area contributed by atoms with Gasteiger partial charge in [0, 0.05) is 31.7 Å². The van der Waals surface area contributed by atoms with E-state index in [1.165, 1.54) is 16.4 Å². The summed E-state index contributed by atoms with van der Waals surface area (Å²) in [6.45, 7) is 1.74. The molecule has 2 fully saturated rings. The van der Waals surface area contributed by atoms with Crippen molar-refractivity contribution < 1.29 is 14.3 Å². The summed E-state index contributed by atoms with van der Waals surface area (Å²) in [6.07, 6.45) is 0. The number of methoxy groups -OCH3 is 1. The second-order valence-corrected chi connectivity index (χ2v) is 7.02. The number of rotatable bonds is 5. The summed E-state index contributed by atoms with van der Waals surface area (Å²) in [6, 6.07) is 9.61. The number of carbonyl (C=O) groups is 2. The highest BCUT2D eigenvalue weighted by Crippen LogP contribution is 2.37. The van der Waals surface area contributed by atoms with E-state index in [1.807, 2.05) is 35.2 Å². The number of imide groups is 1. The fourth-order valence-corrected chi connectivity index (χ4v) is 4.14. The van der Waals surface area contributed by atoms with Crippen LogP contribution in [-0.2, 0) is 27.5 Å². The first-order valence-corrected chi connectivity index (χ1v) is 8.90. The van der Waals surface area contributed by atoms with Gasteiger partial charge in [-0.3, -0.25) is 14.5 Å². The van der Waals surface area contributed by atoms with Crippen LogP contribution in [0.3, 0.4) is 0 Å². The Hall–Kier alpha value is -2.32. The molecule has 3 heterocycles. The molecular weight excluding hydrogens is 340 g/mol. The zero-order valence-electron chi connectivity index (χ0n) is 13.8. The van der Waals surface area contributed by atoms with Crippen LogP contribution in [0.15, 0.2) is 30.3 Å². The Kier molecular flexibility index (Phi) is 4.22. The Bertz CT molecular complexity index is 770. The van der Waals surface area contributed by atoms with E-state index in [2.05, 4.69) is 9.36 Å². The van der Waals surface area contributed by atoms with Gasteiger partial charge in [0.25, 0.3) is 0 Å². The zero-order valence-corrected chi connectivity index (χ0v) is 14.6. The molecule has 8 heteroatoms. The Morgan fingerprint density at radius 1 is 1.16 bits per heavy atom. The minimum absolute atomic E-state index is 0.0806. The number of hydrogen-bond donors (Lipinski definition) is 0. The first-order valence-electron chi connectivity index (χ1n) is 8.13. The maximum absolute atomic E-state index is 12.7. The molecule has 0 N–H and O–H groups in total. The number of benzene rings is 1. The van der Waals surface area contributed by atoms with Gasteiger partial charge in [0.2, 0.25) is 16.9 Å². The van der Waals surface area contributed by atoms with E-state index in [0.717, 1.165) is 10.7 Å². The number of likely N-dealkylation sites (tertiary alicyclic amines) is 1. The number of anilines is 1. The molecule has 4 rings (SSSR count). The molecule has 0 spiro atoms. The topological polar surface area (TPSA) is 75.6 Å². The third kappa shape index (κ3) is 2.91. The van der Waals surface area contributed by atoms with Crippen LogP contribution in [0, 0.1) is 11.8 Å². The lowest BCUT2D eigenvalue weighted by Crippen LogP contribution is -2.35. The fourth-order valence-electron chi connectivity index (χ4n) is 3.45. The van der Waals surface area contributed by atoms with E-state index in [9.17, 15) is 9.59 Å². The summed E-state index contributed by atoms with van der Waals surface area (Å²) in [7, 11) is 1.60. The molecule has 130 valence electrons. The van der Waals surface area contributed by atoms with Crippen LogP contribution in [0.1, 0.15) is 11.4 Å². The van der Waals surface area contributed by atoms with Gasteiger partial charge in [-0.25, -0.2) is 4.98 Å². The van der Waals surface area contributed by atoms with Crippen molar-refractivity contribution in [3.05, 3.63) is 41.7 Å². The highest BCUT2D eigenvalue weighted by Gasteiger charge is 2.52. The third-order valence-corrected chi connectivity index (χ3v) is 5.49. The molecule has 1 aromatic heterocycles. The highest BCUT2D eigenvalue weighted by atomic mass is 32.1. The Morgan fingerprint density at radius 2 is 1.84 bits per heavy atom. The normalized spacial score (nSPS) is 22.8. The van der Waals surface area contributed by atoms with Crippen molar-refractivity contribution in [1.29, 1.82) is 0 Å². The standard InChI is InChI=1S/C17H18N4O3S/c1-24-10-14-18-17(25-19-14)20-8-12-13(9-20)16(23)21(15(12)22)7-11-5-3-2-4-6-11/h2-6,12-13H,7-10H2,1H3. The number of hydrogen-bond acceptors (Lipinski definition) is 7. The maximum Gasteiger partial charge on any atom is 0.235 e. The van der Waals surface area contributed by atoms with Crippen molar-refractivity contribution >= 4 is 28.5 Å². The first kappa shape index (κ1) is 16.2. The number of amides is 2. The van der Waals surface area contributed by atoms with Gasteiger partial charge in [0.1, 0.15) is 6.61 Å². The average molecular weight is 358 g/mol. The summed E-state index contributed by atoms with van der Waals surface area (Å²) < 4.78 is 9.27. The smallest absolute Gasteiger partial charge is 0.235 e. The molecule has 2 aromatic rings. The van der Waals surface area contributed by atoms with Crippen LogP contribution in [0.25, 0.3) is 0 Å². The Morgan fingerprint density at radius 3 is 2.48 bits per heavy atom. The van der Waals surface area contributed by atoms with Gasteiger partial charge < -0.3 is 9.64 Å². The summed E-state index contributed by atoms with van der Waals surface area (Å²) in [5.41, 5.74) is 0.967. The predicted octanol–water partition coefficient (Wildman–Crippen LogP) is 1.31. The van der Waals surface area contributed by atoms with Gasteiger partial charge in [-0.15, -0.1) is 0 Å². The fraction of sp³-hybridized carbons (Fsp3) is 0.412. The largest absolute Gasteiger partial charge is 0.377 e. The molecule has 1 aromatic carbocycles. The predicted molar refractivity (Wildman–Crippen MR) is 91.8 cm³/mol. The lowest BCUT2D eigenvalue weighted by atomic mass is 10.00. The average Bonchev–Trinajstić information content (AvgIpc) is 3.30. The number of carbonyl (C=O) groups excluding carboxylic acids is 2. The lowest BCUT2D eigenvalue weighted by Gasteiger charge is -2.20. The minimum atomic E-state index is -0.286. The molecule has 2 aliphatic rings. The molecule has 2 unspecified atom stereocenters. The van der Waals surface area contributed by atoms with E-state index >= 15 is 0 Å². The minimum Gasteiger partial charge on any atom is -0.377 e. The number of nitrogens with zero attached hydrogens (tertiary/aromatic N) is 4. The van der Waals surface area contributed by atoms with E-state index < -0.39 is 0 Å². The van der Waals surface area contributed by atoms with E-state index in [1.54, 1.807) is 7.11 Å². The number of fused-ring (bicyclic) bond motifs is 1. The highest BCUT2D eigenvalue weighted by molar-refractivity contribution is 7.09. The second kappa shape index (κ2) is 6.53. The quantitative estimate of drug-likeness (QED) is 0.750. The summed E-state index contributed by atoms with van der Waals surface area (Å²) in [5, 5.41) is 0.747. The van der Waals surface area contributed by atoms with Crippen LogP contribution in [0.5, 0.6) is 0 Å². The SMILES string of the molecule is COCc1nsc(N2CC3C(=O)N(Cc4ccccc4)C(=O)C3C2)n1. The van der Waals surface area contributed by atoms with Crippen LogP contribution >= 0.6 is 11.5 Å². The van der Waals surface area contributed by atoms with Crippen LogP contribution in [-0.4, -0.2) is 46.3 Å². The van der Waals surface area contributed by atoms with Gasteiger partial charge in [-0.05, 0) is 5.56 Å².